The van der Waals surface area contributed by atoms with Gasteiger partial charge in [0.2, 0.25) is 11.3 Å². The SMILES string of the molecule is CC1CN(Cc2ccccc2Cl)S(=O)O1. The van der Waals surface area contributed by atoms with E-state index in [-0.39, 0.29) is 6.10 Å². The van der Waals surface area contributed by atoms with E-state index in [1.54, 1.807) is 4.31 Å². The van der Waals surface area contributed by atoms with Gasteiger partial charge in [-0.25, -0.2) is 4.21 Å². The number of hydrogen-bond acceptors (Lipinski definition) is 2. The van der Waals surface area contributed by atoms with Crippen LogP contribution in [0.4, 0.5) is 0 Å². The summed E-state index contributed by atoms with van der Waals surface area (Å²) in [7, 11) is 0. The second-order valence-corrected chi connectivity index (χ2v) is 5.09. The van der Waals surface area contributed by atoms with E-state index in [1.807, 2.05) is 31.2 Å². The average molecular weight is 246 g/mol. The summed E-state index contributed by atoms with van der Waals surface area (Å²) in [6.45, 7) is 3.15. The van der Waals surface area contributed by atoms with Crippen molar-refractivity contribution in [3.05, 3.63) is 34.9 Å². The zero-order valence-electron chi connectivity index (χ0n) is 8.35. The highest BCUT2D eigenvalue weighted by atomic mass is 35.5. The Hall–Kier alpha value is -0.420. The van der Waals surface area contributed by atoms with Crippen LogP contribution in [0.1, 0.15) is 12.5 Å². The summed E-state index contributed by atoms with van der Waals surface area (Å²) in [4.78, 5) is 0. The first kappa shape index (κ1) is 11.1. The fourth-order valence-corrected chi connectivity index (χ4v) is 2.75. The molecule has 82 valence electrons. The van der Waals surface area contributed by atoms with Crippen molar-refractivity contribution < 1.29 is 8.39 Å². The van der Waals surface area contributed by atoms with Crippen molar-refractivity contribution >= 4 is 22.9 Å². The molecule has 2 unspecified atom stereocenters. The predicted molar refractivity (Wildman–Crippen MR) is 60.6 cm³/mol. The Morgan fingerprint density at radius 1 is 1.60 bits per heavy atom. The first-order chi connectivity index (χ1) is 7.16. The number of hydrogen-bond donors (Lipinski definition) is 0. The largest absolute Gasteiger partial charge is 0.274 e. The van der Waals surface area contributed by atoms with Gasteiger partial charge >= 0.3 is 0 Å². The van der Waals surface area contributed by atoms with E-state index in [0.29, 0.717) is 18.1 Å². The topological polar surface area (TPSA) is 29.5 Å². The van der Waals surface area contributed by atoms with Crippen LogP contribution in [0, 0.1) is 0 Å². The molecule has 1 aromatic rings. The lowest BCUT2D eigenvalue weighted by Crippen LogP contribution is -2.21. The van der Waals surface area contributed by atoms with Crippen LogP contribution in [0.5, 0.6) is 0 Å². The van der Waals surface area contributed by atoms with Gasteiger partial charge in [0, 0.05) is 18.1 Å². The number of halogens is 1. The highest BCUT2D eigenvalue weighted by molar-refractivity contribution is 7.77. The second-order valence-electron chi connectivity index (χ2n) is 3.54. The summed E-state index contributed by atoms with van der Waals surface area (Å²) in [6.07, 6.45) is 0.0216. The van der Waals surface area contributed by atoms with Crippen LogP contribution < -0.4 is 0 Å². The van der Waals surface area contributed by atoms with Gasteiger partial charge in [-0.2, -0.15) is 4.31 Å². The molecule has 0 bridgehead atoms. The molecule has 15 heavy (non-hydrogen) atoms. The number of nitrogens with zero attached hydrogens (tertiary/aromatic N) is 1. The van der Waals surface area contributed by atoms with Gasteiger partial charge in [-0.05, 0) is 18.6 Å². The first-order valence-electron chi connectivity index (χ1n) is 4.74. The molecule has 1 saturated heterocycles. The van der Waals surface area contributed by atoms with Crippen molar-refractivity contribution in [1.82, 2.24) is 4.31 Å². The van der Waals surface area contributed by atoms with E-state index in [9.17, 15) is 4.21 Å². The van der Waals surface area contributed by atoms with Crippen LogP contribution in [-0.2, 0) is 22.0 Å². The Labute approximate surface area is 96.8 Å². The summed E-state index contributed by atoms with van der Waals surface area (Å²) >= 11 is 4.70. The molecule has 0 N–H and O–H groups in total. The molecule has 0 saturated carbocycles. The summed E-state index contributed by atoms with van der Waals surface area (Å²) < 4.78 is 18.4. The van der Waals surface area contributed by atoms with E-state index in [4.69, 9.17) is 15.8 Å². The lowest BCUT2D eigenvalue weighted by Gasteiger charge is -2.11. The number of rotatable bonds is 2. The first-order valence-corrected chi connectivity index (χ1v) is 6.15. The molecule has 1 aliphatic heterocycles. The van der Waals surface area contributed by atoms with Crippen molar-refractivity contribution in [2.24, 2.45) is 0 Å². The summed E-state index contributed by atoms with van der Waals surface area (Å²) in [5, 5.41) is 0.703. The van der Waals surface area contributed by atoms with Gasteiger partial charge in [-0.15, -0.1) is 0 Å². The van der Waals surface area contributed by atoms with Gasteiger partial charge in [-0.1, -0.05) is 29.8 Å². The standard InChI is InChI=1S/C10H12ClNO2S/c1-8-6-12(15(13)14-8)7-9-4-2-3-5-10(9)11/h2-5,8H,6-7H2,1H3. The van der Waals surface area contributed by atoms with Crippen LogP contribution >= 0.6 is 11.6 Å². The van der Waals surface area contributed by atoms with E-state index in [1.165, 1.54) is 0 Å². The van der Waals surface area contributed by atoms with Gasteiger partial charge in [0.25, 0.3) is 0 Å². The molecule has 2 rings (SSSR count). The predicted octanol–water partition coefficient (Wildman–Crippen LogP) is 2.14. The second kappa shape index (κ2) is 4.61. The maximum Gasteiger partial charge on any atom is 0.237 e. The van der Waals surface area contributed by atoms with Crippen LogP contribution in [0.15, 0.2) is 24.3 Å². The van der Waals surface area contributed by atoms with Crippen molar-refractivity contribution in [3.63, 3.8) is 0 Å². The van der Waals surface area contributed by atoms with E-state index in [0.717, 1.165) is 5.56 Å². The van der Waals surface area contributed by atoms with Crippen LogP contribution in [-0.4, -0.2) is 21.2 Å². The smallest absolute Gasteiger partial charge is 0.237 e. The highest BCUT2D eigenvalue weighted by Gasteiger charge is 2.27. The molecule has 0 spiro atoms. The molecule has 1 aromatic carbocycles. The summed E-state index contributed by atoms with van der Waals surface area (Å²) in [6, 6.07) is 7.57. The minimum atomic E-state index is -1.32. The van der Waals surface area contributed by atoms with Crippen molar-refractivity contribution in [2.45, 2.75) is 19.6 Å². The molecule has 5 heteroatoms. The average Bonchev–Trinajstić information content (AvgIpc) is 2.49. The fraction of sp³-hybridized carbons (Fsp3) is 0.400. The van der Waals surface area contributed by atoms with Gasteiger partial charge in [-0.3, -0.25) is 4.18 Å². The minimum Gasteiger partial charge on any atom is -0.274 e. The fourth-order valence-electron chi connectivity index (χ4n) is 1.51. The molecular weight excluding hydrogens is 234 g/mol. The molecule has 3 nitrogen and oxygen atoms in total. The molecule has 1 aliphatic rings. The van der Waals surface area contributed by atoms with Crippen molar-refractivity contribution in [2.75, 3.05) is 6.54 Å². The van der Waals surface area contributed by atoms with Crippen LogP contribution in [0.25, 0.3) is 0 Å². The lowest BCUT2D eigenvalue weighted by atomic mass is 10.2. The third-order valence-electron chi connectivity index (χ3n) is 2.22. The molecule has 1 heterocycles. The molecule has 0 radical (unpaired) electrons. The Morgan fingerprint density at radius 2 is 2.33 bits per heavy atom. The lowest BCUT2D eigenvalue weighted by molar-refractivity contribution is 0.276. The van der Waals surface area contributed by atoms with Gasteiger partial charge in [0.1, 0.15) is 0 Å². The zero-order valence-corrected chi connectivity index (χ0v) is 9.92. The maximum atomic E-state index is 11.5. The van der Waals surface area contributed by atoms with Gasteiger partial charge in [0.15, 0.2) is 0 Å². The number of benzene rings is 1. The molecule has 0 aliphatic carbocycles. The van der Waals surface area contributed by atoms with Crippen LogP contribution in [0.2, 0.25) is 5.02 Å². The molecule has 2 atom stereocenters. The Balaban J connectivity index is 2.09. The van der Waals surface area contributed by atoms with E-state index in [2.05, 4.69) is 0 Å². The zero-order chi connectivity index (χ0) is 10.8. The normalized spacial score (nSPS) is 27.1. The minimum absolute atomic E-state index is 0.0216. The molecule has 0 amide bonds. The summed E-state index contributed by atoms with van der Waals surface area (Å²) in [5.74, 6) is 0. The highest BCUT2D eigenvalue weighted by Crippen LogP contribution is 2.21. The molecule has 0 aromatic heterocycles. The van der Waals surface area contributed by atoms with Gasteiger partial charge in [0.05, 0.1) is 6.10 Å². The Kier molecular flexibility index (Phi) is 3.41. The van der Waals surface area contributed by atoms with Gasteiger partial charge < -0.3 is 0 Å². The maximum absolute atomic E-state index is 11.5. The quantitative estimate of drug-likeness (QED) is 0.799. The van der Waals surface area contributed by atoms with E-state index >= 15 is 0 Å². The Bertz CT molecular complexity index is 385. The van der Waals surface area contributed by atoms with Crippen molar-refractivity contribution in [3.8, 4) is 0 Å². The van der Waals surface area contributed by atoms with E-state index < -0.39 is 11.3 Å². The Morgan fingerprint density at radius 3 is 2.93 bits per heavy atom. The molecule has 1 fully saturated rings. The van der Waals surface area contributed by atoms with Crippen molar-refractivity contribution in [1.29, 1.82) is 0 Å². The monoisotopic (exact) mass is 245 g/mol. The third-order valence-corrected chi connectivity index (χ3v) is 3.78. The molecular formula is C10H12ClNO2S. The third kappa shape index (κ3) is 2.58. The summed E-state index contributed by atoms with van der Waals surface area (Å²) in [5.41, 5.74) is 0.977. The van der Waals surface area contributed by atoms with Crippen LogP contribution in [0.3, 0.4) is 0 Å².